The summed E-state index contributed by atoms with van der Waals surface area (Å²) >= 11 is 0. The molecule has 0 saturated carbocycles. The van der Waals surface area contributed by atoms with Gasteiger partial charge in [0.25, 0.3) is 0 Å². The van der Waals surface area contributed by atoms with E-state index < -0.39 is 0 Å². The second kappa shape index (κ2) is 3.05. The molecule has 2 aliphatic rings. The molecule has 15 heavy (non-hydrogen) atoms. The predicted octanol–water partition coefficient (Wildman–Crippen LogP) is 1.76. The lowest BCUT2D eigenvalue weighted by atomic mass is 10.1. The summed E-state index contributed by atoms with van der Waals surface area (Å²) in [6.45, 7) is 5.61. The van der Waals surface area contributed by atoms with Crippen LogP contribution in [0.3, 0.4) is 0 Å². The number of rotatable bonds is 0. The highest BCUT2D eigenvalue weighted by Gasteiger charge is 2.29. The summed E-state index contributed by atoms with van der Waals surface area (Å²) in [5, 5.41) is 3.50. The van der Waals surface area contributed by atoms with Gasteiger partial charge in [0.1, 0.15) is 0 Å². The van der Waals surface area contributed by atoms with Crippen LogP contribution < -0.4 is 15.1 Å². The zero-order chi connectivity index (χ0) is 10.4. The fourth-order valence-corrected chi connectivity index (χ4v) is 2.58. The molecule has 0 bridgehead atoms. The number of benzene rings is 1. The third-order valence-corrected chi connectivity index (χ3v) is 3.51. The molecule has 3 rings (SSSR count). The number of nitrogens with one attached hydrogen (secondary N) is 1. The molecular weight excluding hydrogens is 186 g/mol. The van der Waals surface area contributed by atoms with Crippen molar-refractivity contribution in [3.8, 4) is 0 Å². The van der Waals surface area contributed by atoms with E-state index in [1.165, 1.54) is 17.1 Å². The molecule has 80 valence electrons. The summed E-state index contributed by atoms with van der Waals surface area (Å²) < 4.78 is 0. The second-order valence-corrected chi connectivity index (χ2v) is 4.52. The molecule has 0 aliphatic carbocycles. The van der Waals surface area contributed by atoms with Crippen LogP contribution in [0.15, 0.2) is 18.2 Å². The number of anilines is 3. The minimum absolute atomic E-state index is 0.604. The summed E-state index contributed by atoms with van der Waals surface area (Å²) in [5.41, 5.74) is 4.04. The first-order valence-corrected chi connectivity index (χ1v) is 5.62. The van der Waals surface area contributed by atoms with Crippen molar-refractivity contribution in [1.82, 2.24) is 0 Å². The van der Waals surface area contributed by atoms with Crippen molar-refractivity contribution in [2.24, 2.45) is 0 Å². The monoisotopic (exact) mass is 203 g/mol. The molecule has 1 atom stereocenters. The molecule has 3 heteroatoms. The van der Waals surface area contributed by atoms with Crippen molar-refractivity contribution in [3.63, 3.8) is 0 Å². The van der Waals surface area contributed by atoms with Crippen LogP contribution in [0, 0.1) is 0 Å². The normalized spacial score (nSPS) is 23.5. The Hall–Kier alpha value is -1.38. The summed E-state index contributed by atoms with van der Waals surface area (Å²) in [6, 6.07) is 7.13. The Bertz CT molecular complexity index is 388. The SMILES string of the molecule is C[C@H]1CNc2cccc3c2N1CCN3C. The van der Waals surface area contributed by atoms with E-state index in [1.54, 1.807) is 0 Å². The van der Waals surface area contributed by atoms with Crippen LogP contribution in [0.25, 0.3) is 0 Å². The molecule has 1 aromatic carbocycles. The van der Waals surface area contributed by atoms with Gasteiger partial charge in [0, 0.05) is 32.7 Å². The highest BCUT2D eigenvalue weighted by molar-refractivity contribution is 5.87. The molecule has 2 aliphatic heterocycles. The van der Waals surface area contributed by atoms with Crippen molar-refractivity contribution < 1.29 is 0 Å². The van der Waals surface area contributed by atoms with E-state index in [1.807, 2.05) is 0 Å². The number of nitrogens with zero attached hydrogens (tertiary/aromatic N) is 2. The van der Waals surface area contributed by atoms with Gasteiger partial charge in [0.15, 0.2) is 0 Å². The largest absolute Gasteiger partial charge is 0.381 e. The lowest BCUT2D eigenvalue weighted by molar-refractivity contribution is 0.621. The summed E-state index contributed by atoms with van der Waals surface area (Å²) in [7, 11) is 2.17. The van der Waals surface area contributed by atoms with Crippen LogP contribution >= 0.6 is 0 Å². The van der Waals surface area contributed by atoms with E-state index in [9.17, 15) is 0 Å². The number of hydrogen-bond acceptors (Lipinski definition) is 3. The van der Waals surface area contributed by atoms with Gasteiger partial charge in [-0.2, -0.15) is 0 Å². The molecule has 3 nitrogen and oxygen atoms in total. The first-order chi connectivity index (χ1) is 7.27. The molecule has 0 unspecified atom stereocenters. The van der Waals surface area contributed by atoms with Crippen LogP contribution in [0.4, 0.5) is 17.1 Å². The topological polar surface area (TPSA) is 18.5 Å². The highest BCUT2D eigenvalue weighted by Crippen LogP contribution is 2.41. The van der Waals surface area contributed by atoms with E-state index in [0.717, 1.165) is 19.6 Å². The molecule has 2 heterocycles. The zero-order valence-electron chi connectivity index (χ0n) is 9.33. The molecular formula is C12H17N3. The number of likely N-dealkylation sites (N-methyl/N-ethyl adjacent to an activating group) is 1. The lowest BCUT2D eigenvalue weighted by Crippen LogP contribution is -2.49. The Labute approximate surface area is 90.7 Å². The lowest BCUT2D eigenvalue weighted by Gasteiger charge is -2.44. The number of para-hydroxylation sites is 1. The fraction of sp³-hybridized carbons (Fsp3) is 0.500. The van der Waals surface area contributed by atoms with Crippen LogP contribution in [-0.4, -0.2) is 32.7 Å². The Balaban J connectivity index is 2.18. The first kappa shape index (κ1) is 8.89. The van der Waals surface area contributed by atoms with Crippen molar-refractivity contribution in [1.29, 1.82) is 0 Å². The van der Waals surface area contributed by atoms with E-state index in [4.69, 9.17) is 0 Å². The standard InChI is InChI=1S/C12H17N3/c1-9-8-13-10-4-3-5-11-12(10)15(9)7-6-14(11)2/h3-5,9,13H,6-8H2,1-2H3/t9-/m0/s1. The second-order valence-electron chi connectivity index (χ2n) is 4.52. The maximum atomic E-state index is 3.50. The summed E-state index contributed by atoms with van der Waals surface area (Å²) in [5.74, 6) is 0. The molecule has 0 aromatic heterocycles. The van der Waals surface area contributed by atoms with Crippen LogP contribution in [-0.2, 0) is 0 Å². The van der Waals surface area contributed by atoms with Gasteiger partial charge in [-0.05, 0) is 19.1 Å². The minimum atomic E-state index is 0.604. The summed E-state index contributed by atoms with van der Waals surface area (Å²) in [4.78, 5) is 4.87. The van der Waals surface area contributed by atoms with Crippen molar-refractivity contribution >= 4 is 17.1 Å². The van der Waals surface area contributed by atoms with Crippen molar-refractivity contribution in [3.05, 3.63) is 18.2 Å². The van der Waals surface area contributed by atoms with Gasteiger partial charge in [-0.1, -0.05) is 6.07 Å². The maximum absolute atomic E-state index is 3.50. The van der Waals surface area contributed by atoms with Crippen LogP contribution in [0.1, 0.15) is 6.92 Å². The van der Waals surface area contributed by atoms with E-state index in [-0.39, 0.29) is 0 Å². The van der Waals surface area contributed by atoms with Gasteiger partial charge in [-0.3, -0.25) is 0 Å². The molecule has 0 amide bonds. The average Bonchev–Trinajstić information content (AvgIpc) is 2.26. The quantitative estimate of drug-likeness (QED) is 0.693. The third kappa shape index (κ3) is 1.19. The van der Waals surface area contributed by atoms with Gasteiger partial charge in [-0.25, -0.2) is 0 Å². The molecule has 1 aromatic rings. The fourth-order valence-electron chi connectivity index (χ4n) is 2.58. The van der Waals surface area contributed by atoms with Crippen molar-refractivity contribution in [2.75, 3.05) is 41.8 Å². The Morgan fingerprint density at radius 1 is 1.33 bits per heavy atom. The van der Waals surface area contributed by atoms with Crippen LogP contribution in [0.5, 0.6) is 0 Å². The van der Waals surface area contributed by atoms with Gasteiger partial charge >= 0.3 is 0 Å². The van der Waals surface area contributed by atoms with Gasteiger partial charge in [-0.15, -0.1) is 0 Å². The highest BCUT2D eigenvalue weighted by atomic mass is 15.3. The average molecular weight is 203 g/mol. The van der Waals surface area contributed by atoms with Gasteiger partial charge in [0.05, 0.1) is 17.1 Å². The van der Waals surface area contributed by atoms with E-state index in [0.29, 0.717) is 6.04 Å². The van der Waals surface area contributed by atoms with E-state index >= 15 is 0 Å². The Morgan fingerprint density at radius 3 is 3.07 bits per heavy atom. The maximum Gasteiger partial charge on any atom is 0.0843 e. The Morgan fingerprint density at radius 2 is 2.20 bits per heavy atom. The van der Waals surface area contributed by atoms with Crippen LogP contribution in [0.2, 0.25) is 0 Å². The van der Waals surface area contributed by atoms with Crippen molar-refractivity contribution in [2.45, 2.75) is 13.0 Å². The number of hydrogen-bond donors (Lipinski definition) is 1. The molecule has 0 spiro atoms. The smallest absolute Gasteiger partial charge is 0.0843 e. The van der Waals surface area contributed by atoms with Gasteiger partial charge in [0.2, 0.25) is 0 Å². The Kier molecular flexibility index (Phi) is 1.81. The molecule has 0 fully saturated rings. The zero-order valence-corrected chi connectivity index (χ0v) is 9.33. The third-order valence-electron chi connectivity index (χ3n) is 3.51. The van der Waals surface area contributed by atoms with E-state index in [2.05, 4.69) is 47.3 Å². The van der Waals surface area contributed by atoms with Gasteiger partial charge < -0.3 is 15.1 Å². The predicted molar refractivity (Wildman–Crippen MR) is 65.0 cm³/mol. The first-order valence-electron chi connectivity index (χ1n) is 5.62. The minimum Gasteiger partial charge on any atom is -0.381 e. The summed E-state index contributed by atoms with van der Waals surface area (Å²) in [6.07, 6.45) is 0. The molecule has 0 saturated heterocycles. The molecule has 0 radical (unpaired) electrons. The molecule has 1 N–H and O–H groups in total.